The van der Waals surface area contributed by atoms with Gasteiger partial charge in [0.25, 0.3) is 0 Å². The maximum absolute atomic E-state index is 13.7. The molecule has 3 heteroatoms. The molecule has 2 nitrogen and oxygen atoms in total. The van der Waals surface area contributed by atoms with E-state index in [1.807, 2.05) is 6.92 Å². The molecule has 1 aromatic carbocycles. The number of nitrogens with zero attached hydrogens (tertiary/aromatic N) is 1. The molecule has 0 radical (unpaired) electrons. The van der Waals surface area contributed by atoms with Crippen molar-refractivity contribution in [1.82, 2.24) is 4.90 Å². The molecule has 106 valence electrons. The molecule has 3 atom stereocenters. The number of hydrogen-bond acceptors (Lipinski definition) is 2. The van der Waals surface area contributed by atoms with Crippen molar-refractivity contribution in [2.45, 2.75) is 45.3 Å². The molecule has 0 aromatic heterocycles. The Kier molecular flexibility index (Phi) is 4.94. The summed E-state index contributed by atoms with van der Waals surface area (Å²) in [4.78, 5) is 2.44. The third kappa shape index (κ3) is 3.34. The van der Waals surface area contributed by atoms with Crippen LogP contribution >= 0.6 is 0 Å². The molecular formula is C16H24FNO. The molecule has 0 amide bonds. The summed E-state index contributed by atoms with van der Waals surface area (Å²) in [7, 11) is 0. The van der Waals surface area contributed by atoms with Gasteiger partial charge in [0.1, 0.15) is 5.82 Å². The quantitative estimate of drug-likeness (QED) is 0.882. The van der Waals surface area contributed by atoms with Crippen molar-refractivity contribution in [3.05, 3.63) is 35.6 Å². The largest absolute Gasteiger partial charge is 0.388 e. The zero-order valence-corrected chi connectivity index (χ0v) is 11.8. The van der Waals surface area contributed by atoms with E-state index in [1.54, 1.807) is 18.2 Å². The summed E-state index contributed by atoms with van der Waals surface area (Å²) in [6.45, 7) is 6.16. The van der Waals surface area contributed by atoms with Crippen LogP contribution in [-0.2, 0) is 0 Å². The van der Waals surface area contributed by atoms with Crippen LogP contribution in [0.2, 0.25) is 0 Å². The average molecular weight is 265 g/mol. The normalized spacial score (nSPS) is 23.5. The van der Waals surface area contributed by atoms with Crippen molar-refractivity contribution in [2.75, 3.05) is 13.1 Å². The Balaban J connectivity index is 1.99. The third-order valence-corrected chi connectivity index (χ3v) is 4.26. The highest BCUT2D eigenvalue weighted by Gasteiger charge is 2.27. The first kappa shape index (κ1) is 14.5. The molecule has 3 unspecified atom stereocenters. The van der Waals surface area contributed by atoms with E-state index in [4.69, 9.17) is 0 Å². The van der Waals surface area contributed by atoms with E-state index in [0.717, 1.165) is 19.5 Å². The Morgan fingerprint density at radius 1 is 1.42 bits per heavy atom. The molecule has 0 aliphatic carbocycles. The van der Waals surface area contributed by atoms with Crippen LogP contribution in [0.1, 0.15) is 44.8 Å². The molecular weight excluding hydrogens is 241 g/mol. The summed E-state index contributed by atoms with van der Waals surface area (Å²) in [6, 6.07) is 7.16. The Bertz CT molecular complexity index is 409. The molecule has 19 heavy (non-hydrogen) atoms. The fourth-order valence-electron chi connectivity index (χ4n) is 3.09. The summed E-state index contributed by atoms with van der Waals surface area (Å²) < 4.78 is 13.7. The van der Waals surface area contributed by atoms with E-state index in [-0.39, 0.29) is 11.7 Å². The molecule has 1 aliphatic rings. The topological polar surface area (TPSA) is 23.5 Å². The van der Waals surface area contributed by atoms with Crippen LogP contribution in [-0.4, -0.2) is 29.1 Å². The van der Waals surface area contributed by atoms with Gasteiger partial charge in [-0.15, -0.1) is 0 Å². The number of aliphatic hydroxyl groups excluding tert-OH is 1. The first-order chi connectivity index (χ1) is 9.13. The zero-order valence-electron chi connectivity index (χ0n) is 11.8. The highest BCUT2D eigenvalue weighted by molar-refractivity contribution is 5.20. The molecule has 0 bridgehead atoms. The molecule has 0 saturated carbocycles. The Morgan fingerprint density at radius 2 is 2.16 bits per heavy atom. The Labute approximate surface area is 115 Å². The minimum absolute atomic E-state index is 0.0454. The number of aliphatic hydroxyl groups is 1. The lowest BCUT2D eigenvalue weighted by Crippen LogP contribution is -2.34. The van der Waals surface area contributed by atoms with Gasteiger partial charge in [0.05, 0.1) is 6.10 Å². The number of likely N-dealkylation sites (tertiary alicyclic amines) is 1. The van der Waals surface area contributed by atoms with Crippen molar-refractivity contribution >= 4 is 0 Å². The van der Waals surface area contributed by atoms with Gasteiger partial charge in [-0.25, -0.2) is 4.39 Å². The van der Waals surface area contributed by atoms with Gasteiger partial charge in [-0.05, 0) is 37.8 Å². The van der Waals surface area contributed by atoms with E-state index >= 15 is 0 Å². The van der Waals surface area contributed by atoms with E-state index in [1.165, 1.54) is 18.9 Å². The van der Waals surface area contributed by atoms with Gasteiger partial charge in [-0.2, -0.15) is 0 Å². The number of rotatable bonds is 5. The van der Waals surface area contributed by atoms with Gasteiger partial charge in [0, 0.05) is 18.2 Å². The second-order valence-electron chi connectivity index (χ2n) is 5.64. The molecule has 1 saturated heterocycles. The minimum atomic E-state index is -0.723. The van der Waals surface area contributed by atoms with E-state index in [2.05, 4.69) is 11.8 Å². The first-order valence-corrected chi connectivity index (χ1v) is 7.30. The van der Waals surface area contributed by atoms with Gasteiger partial charge < -0.3 is 10.0 Å². The Morgan fingerprint density at radius 3 is 2.84 bits per heavy atom. The van der Waals surface area contributed by atoms with Gasteiger partial charge in [-0.3, -0.25) is 0 Å². The van der Waals surface area contributed by atoms with Gasteiger partial charge >= 0.3 is 0 Å². The minimum Gasteiger partial charge on any atom is -0.388 e. The van der Waals surface area contributed by atoms with E-state index in [9.17, 15) is 9.50 Å². The van der Waals surface area contributed by atoms with Crippen LogP contribution in [0.5, 0.6) is 0 Å². The molecule has 1 heterocycles. The van der Waals surface area contributed by atoms with Crippen LogP contribution in [0.25, 0.3) is 0 Å². The monoisotopic (exact) mass is 265 g/mol. The summed E-state index contributed by atoms with van der Waals surface area (Å²) >= 11 is 0. The predicted octanol–water partition coefficient (Wildman–Crippen LogP) is 3.37. The number of halogens is 1. The summed E-state index contributed by atoms with van der Waals surface area (Å²) in [5.74, 6) is -0.264. The van der Waals surface area contributed by atoms with Gasteiger partial charge in [0.2, 0.25) is 0 Å². The fraction of sp³-hybridized carbons (Fsp3) is 0.625. The van der Waals surface area contributed by atoms with Gasteiger partial charge in [0.15, 0.2) is 0 Å². The third-order valence-electron chi connectivity index (χ3n) is 4.26. The van der Waals surface area contributed by atoms with Crippen molar-refractivity contribution in [2.24, 2.45) is 5.92 Å². The zero-order chi connectivity index (χ0) is 13.8. The van der Waals surface area contributed by atoms with Crippen molar-refractivity contribution < 1.29 is 9.50 Å². The lowest BCUT2D eigenvalue weighted by molar-refractivity contribution is 0.0810. The molecule has 2 rings (SSSR count). The first-order valence-electron chi connectivity index (χ1n) is 7.30. The van der Waals surface area contributed by atoms with Gasteiger partial charge in [-0.1, -0.05) is 32.0 Å². The highest BCUT2D eigenvalue weighted by Crippen LogP contribution is 2.28. The van der Waals surface area contributed by atoms with E-state index < -0.39 is 6.10 Å². The predicted molar refractivity (Wildman–Crippen MR) is 75.4 cm³/mol. The molecule has 1 aliphatic heterocycles. The molecule has 0 spiro atoms. The molecule has 1 aromatic rings. The maximum Gasteiger partial charge on any atom is 0.129 e. The molecule has 1 fully saturated rings. The number of hydrogen-bond donors (Lipinski definition) is 1. The smallest absolute Gasteiger partial charge is 0.129 e. The van der Waals surface area contributed by atoms with E-state index in [0.29, 0.717) is 11.6 Å². The standard InChI is InChI=1S/C16H24FNO/c1-3-13-7-6-10-18(13)11-12(2)16(19)14-8-4-5-9-15(14)17/h4-5,8-9,12-13,16,19H,3,6-7,10-11H2,1-2H3. The van der Waals surface area contributed by atoms with Crippen molar-refractivity contribution in [3.8, 4) is 0 Å². The van der Waals surface area contributed by atoms with Crippen molar-refractivity contribution in [3.63, 3.8) is 0 Å². The van der Waals surface area contributed by atoms with Crippen molar-refractivity contribution in [1.29, 1.82) is 0 Å². The molecule has 1 N–H and O–H groups in total. The number of benzene rings is 1. The second-order valence-corrected chi connectivity index (χ2v) is 5.64. The second kappa shape index (κ2) is 6.49. The lowest BCUT2D eigenvalue weighted by atomic mass is 9.96. The van der Waals surface area contributed by atoms with Crippen LogP contribution < -0.4 is 0 Å². The fourth-order valence-corrected chi connectivity index (χ4v) is 3.09. The van der Waals surface area contributed by atoms with Crippen LogP contribution in [0.4, 0.5) is 4.39 Å². The SMILES string of the molecule is CCC1CCCN1CC(C)C(O)c1ccccc1F. The maximum atomic E-state index is 13.7. The average Bonchev–Trinajstić information content (AvgIpc) is 2.85. The summed E-state index contributed by atoms with van der Waals surface area (Å²) in [5.41, 5.74) is 0.419. The van der Waals surface area contributed by atoms with Crippen LogP contribution in [0.15, 0.2) is 24.3 Å². The summed E-state index contributed by atoms with van der Waals surface area (Å²) in [6.07, 6.45) is 2.92. The lowest BCUT2D eigenvalue weighted by Gasteiger charge is -2.29. The van der Waals surface area contributed by atoms with Crippen LogP contribution in [0.3, 0.4) is 0 Å². The van der Waals surface area contributed by atoms with Crippen LogP contribution in [0, 0.1) is 11.7 Å². The Hall–Kier alpha value is -0.930. The summed E-state index contributed by atoms with van der Waals surface area (Å²) in [5, 5.41) is 10.3. The highest BCUT2D eigenvalue weighted by atomic mass is 19.1.